The summed E-state index contributed by atoms with van der Waals surface area (Å²) < 4.78 is 2.10. The zero-order valence-corrected chi connectivity index (χ0v) is 10.5. The molecular weight excluding hydrogens is 226 g/mol. The molecule has 1 atom stereocenters. The van der Waals surface area contributed by atoms with Gasteiger partial charge in [0.15, 0.2) is 0 Å². The zero-order chi connectivity index (χ0) is 13.0. The molecule has 1 aromatic carbocycles. The van der Waals surface area contributed by atoms with Crippen molar-refractivity contribution in [3.05, 3.63) is 30.1 Å². The molecule has 0 aliphatic rings. The fourth-order valence-electron chi connectivity index (χ4n) is 2.19. The molecule has 0 bridgehead atoms. The van der Waals surface area contributed by atoms with Crippen LogP contribution in [-0.2, 0) is 6.54 Å². The maximum atomic E-state index is 9.05. The Labute approximate surface area is 106 Å². The van der Waals surface area contributed by atoms with Gasteiger partial charge in [-0.1, -0.05) is 19.1 Å². The number of aromatic nitrogens is 2. The first-order valence-electron chi connectivity index (χ1n) is 6.21. The average Bonchev–Trinajstić information content (AvgIpc) is 2.75. The molecule has 0 saturated carbocycles. The van der Waals surface area contributed by atoms with Crippen molar-refractivity contribution in [3.63, 3.8) is 0 Å². The lowest BCUT2D eigenvalue weighted by atomic mass is 10.1. The average molecular weight is 243 g/mol. The number of aliphatic hydroxyl groups is 1. The molecule has 1 unspecified atom stereocenters. The number of rotatable bonds is 5. The van der Waals surface area contributed by atoms with E-state index >= 15 is 0 Å². The Morgan fingerprint density at radius 2 is 2.22 bits per heavy atom. The second-order valence-electron chi connectivity index (χ2n) is 4.43. The van der Waals surface area contributed by atoms with E-state index in [0.29, 0.717) is 19.4 Å². The summed E-state index contributed by atoms with van der Waals surface area (Å²) in [6.07, 6.45) is 1.16. The molecule has 0 fully saturated rings. The minimum atomic E-state index is 0.155. The van der Waals surface area contributed by atoms with Gasteiger partial charge in [-0.3, -0.25) is 0 Å². The summed E-state index contributed by atoms with van der Waals surface area (Å²) in [7, 11) is 0. The molecule has 18 heavy (non-hydrogen) atoms. The summed E-state index contributed by atoms with van der Waals surface area (Å²) in [6.45, 7) is 2.87. The zero-order valence-electron chi connectivity index (χ0n) is 10.5. The van der Waals surface area contributed by atoms with Crippen molar-refractivity contribution >= 4 is 11.0 Å². The van der Waals surface area contributed by atoms with Gasteiger partial charge in [0.05, 0.1) is 23.5 Å². The molecule has 0 aliphatic carbocycles. The van der Waals surface area contributed by atoms with Gasteiger partial charge in [0.25, 0.3) is 0 Å². The minimum absolute atomic E-state index is 0.155. The third-order valence-electron chi connectivity index (χ3n) is 3.13. The van der Waals surface area contributed by atoms with Gasteiger partial charge < -0.3 is 9.67 Å². The highest BCUT2D eigenvalue weighted by Crippen LogP contribution is 2.24. The molecule has 2 aromatic rings. The summed E-state index contributed by atoms with van der Waals surface area (Å²) in [5, 5.41) is 17.8. The number of imidazole rings is 1. The number of benzene rings is 1. The Morgan fingerprint density at radius 3 is 2.94 bits per heavy atom. The molecule has 1 heterocycles. The van der Waals surface area contributed by atoms with Crippen LogP contribution in [0.1, 0.15) is 31.5 Å². The summed E-state index contributed by atoms with van der Waals surface area (Å²) >= 11 is 0. The molecule has 0 saturated heterocycles. The molecule has 0 amide bonds. The summed E-state index contributed by atoms with van der Waals surface area (Å²) in [6, 6.07) is 10.1. The predicted octanol–water partition coefficient (Wildman–Crippen LogP) is 2.44. The maximum absolute atomic E-state index is 9.05. The fraction of sp³-hybridized carbons (Fsp3) is 0.429. The van der Waals surface area contributed by atoms with E-state index in [4.69, 9.17) is 10.4 Å². The van der Waals surface area contributed by atoms with Crippen molar-refractivity contribution in [1.29, 1.82) is 5.26 Å². The third kappa shape index (κ3) is 2.36. The molecule has 1 aromatic heterocycles. The predicted molar refractivity (Wildman–Crippen MR) is 70.1 cm³/mol. The van der Waals surface area contributed by atoms with E-state index in [9.17, 15) is 0 Å². The van der Waals surface area contributed by atoms with Gasteiger partial charge in [0.2, 0.25) is 0 Å². The van der Waals surface area contributed by atoms with Crippen molar-refractivity contribution in [2.45, 2.75) is 32.2 Å². The Bertz CT molecular complexity index is 568. The molecule has 1 N–H and O–H groups in total. The number of hydrogen-bond acceptors (Lipinski definition) is 3. The molecule has 94 valence electrons. The van der Waals surface area contributed by atoms with Crippen LogP contribution in [0.2, 0.25) is 0 Å². The van der Waals surface area contributed by atoms with Crippen LogP contribution in [-0.4, -0.2) is 21.3 Å². The molecule has 0 aliphatic heterocycles. The van der Waals surface area contributed by atoms with E-state index in [1.165, 1.54) is 0 Å². The fourth-order valence-corrected chi connectivity index (χ4v) is 2.19. The van der Waals surface area contributed by atoms with Gasteiger partial charge in [-0.25, -0.2) is 4.98 Å². The second kappa shape index (κ2) is 5.65. The van der Waals surface area contributed by atoms with Gasteiger partial charge >= 0.3 is 0 Å². The third-order valence-corrected chi connectivity index (χ3v) is 3.13. The van der Waals surface area contributed by atoms with E-state index in [0.717, 1.165) is 16.9 Å². The van der Waals surface area contributed by atoms with E-state index in [-0.39, 0.29) is 12.5 Å². The van der Waals surface area contributed by atoms with Crippen LogP contribution < -0.4 is 0 Å². The lowest BCUT2D eigenvalue weighted by Gasteiger charge is -2.12. The Hall–Kier alpha value is -1.86. The molecule has 2 rings (SSSR count). The molecule has 4 heteroatoms. The monoisotopic (exact) mass is 243 g/mol. The number of aryl methyl sites for hydroxylation is 1. The van der Waals surface area contributed by atoms with Gasteiger partial charge in [0.1, 0.15) is 5.82 Å². The first-order valence-corrected chi connectivity index (χ1v) is 6.21. The number of nitrogens with zero attached hydrogens (tertiary/aromatic N) is 3. The van der Waals surface area contributed by atoms with E-state index in [1.807, 2.05) is 24.3 Å². The SMILES string of the molecule is CC(CCO)c1nc2ccccc2n1CCC#N. The van der Waals surface area contributed by atoms with Crippen LogP contribution >= 0.6 is 0 Å². The van der Waals surface area contributed by atoms with Gasteiger partial charge in [-0.2, -0.15) is 5.26 Å². The highest BCUT2D eigenvalue weighted by atomic mass is 16.3. The quantitative estimate of drug-likeness (QED) is 0.877. The van der Waals surface area contributed by atoms with Crippen LogP contribution in [0, 0.1) is 11.3 Å². The van der Waals surface area contributed by atoms with Crippen LogP contribution in [0.4, 0.5) is 0 Å². The summed E-state index contributed by atoms with van der Waals surface area (Å²) in [5.41, 5.74) is 2.02. The number of nitriles is 1. The number of hydrogen-bond donors (Lipinski definition) is 1. The first-order chi connectivity index (χ1) is 8.77. The minimum Gasteiger partial charge on any atom is -0.396 e. The Kier molecular flexibility index (Phi) is 3.96. The van der Waals surface area contributed by atoms with Gasteiger partial charge in [-0.15, -0.1) is 0 Å². The molecule has 4 nitrogen and oxygen atoms in total. The number of para-hydroxylation sites is 2. The normalized spacial score (nSPS) is 12.5. The van der Waals surface area contributed by atoms with Crippen LogP contribution in [0.5, 0.6) is 0 Å². The number of fused-ring (bicyclic) bond motifs is 1. The molecular formula is C14H17N3O. The van der Waals surface area contributed by atoms with E-state index in [1.54, 1.807) is 0 Å². The van der Waals surface area contributed by atoms with Crippen molar-refractivity contribution in [1.82, 2.24) is 9.55 Å². The van der Waals surface area contributed by atoms with Gasteiger partial charge in [-0.05, 0) is 18.6 Å². The highest BCUT2D eigenvalue weighted by molar-refractivity contribution is 5.76. The number of aliphatic hydroxyl groups excluding tert-OH is 1. The smallest absolute Gasteiger partial charge is 0.112 e. The van der Waals surface area contributed by atoms with Crippen molar-refractivity contribution in [3.8, 4) is 6.07 Å². The first kappa shape index (κ1) is 12.6. The molecule has 0 spiro atoms. The lowest BCUT2D eigenvalue weighted by molar-refractivity contribution is 0.276. The van der Waals surface area contributed by atoms with Crippen LogP contribution in [0.3, 0.4) is 0 Å². The Balaban J connectivity index is 2.46. The topological polar surface area (TPSA) is 61.8 Å². The van der Waals surface area contributed by atoms with Crippen LogP contribution in [0.25, 0.3) is 11.0 Å². The van der Waals surface area contributed by atoms with E-state index < -0.39 is 0 Å². The summed E-state index contributed by atoms with van der Waals surface area (Å²) in [5.74, 6) is 1.15. The Morgan fingerprint density at radius 1 is 1.44 bits per heavy atom. The van der Waals surface area contributed by atoms with Gasteiger partial charge in [0, 0.05) is 19.1 Å². The van der Waals surface area contributed by atoms with E-state index in [2.05, 4.69) is 22.5 Å². The standard InChI is InChI=1S/C14H17N3O/c1-11(7-10-18)14-16-12-5-2-3-6-13(12)17(14)9-4-8-15/h2-3,5-6,11,18H,4,7,9-10H2,1H3. The lowest BCUT2D eigenvalue weighted by Crippen LogP contribution is -2.08. The maximum Gasteiger partial charge on any atom is 0.112 e. The largest absolute Gasteiger partial charge is 0.396 e. The summed E-state index contributed by atoms with van der Waals surface area (Å²) in [4.78, 5) is 4.63. The molecule has 0 radical (unpaired) electrons. The highest BCUT2D eigenvalue weighted by Gasteiger charge is 2.15. The van der Waals surface area contributed by atoms with Crippen LogP contribution in [0.15, 0.2) is 24.3 Å². The second-order valence-corrected chi connectivity index (χ2v) is 4.43. The van der Waals surface area contributed by atoms with Crippen molar-refractivity contribution in [2.75, 3.05) is 6.61 Å². The van der Waals surface area contributed by atoms with Crippen molar-refractivity contribution in [2.24, 2.45) is 0 Å². The van der Waals surface area contributed by atoms with Crippen molar-refractivity contribution < 1.29 is 5.11 Å².